The Hall–Kier alpha value is -2.15. The Morgan fingerprint density at radius 3 is 2.54 bits per heavy atom. The summed E-state index contributed by atoms with van der Waals surface area (Å²) < 4.78 is 6.50. The van der Waals surface area contributed by atoms with Crippen molar-refractivity contribution in [1.82, 2.24) is 0 Å². The lowest BCUT2D eigenvalue weighted by molar-refractivity contribution is -0.146. The Labute approximate surface area is 178 Å². The molecule has 1 N–H and O–H groups in total. The Kier molecular flexibility index (Phi) is 5.27. The zero-order chi connectivity index (χ0) is 19.7. The molecule has 2 aromatic rings. The van der Waals surface area contributed by atoms with E-state index in [1.54, 1.807) is 0 Å². The highest BCUT2D eigenvalue weighted by Gasteiger charge is 2.55. The lowest BCUT2D eigenvalue weighted by Crippen LogP contribution is -2.31. The predicted octanol–water partition coefficient (Wildman–Crippen LogP) is 4.52. The van der Waals surface area contributed by atoms with Gasteiger partial charge in [-0.1, -0.05) is 36.4 Å². The number of fused-ring (bicyclic) bond motifs is 1. The van der Waals surface area contributed by atoms with E-state index in [2.05, 4.69) is 34.5 Å². The van der Waals surface area contributed by atoms with Crippen LogP contribution in [0.25, 0.3) is 0 Å². The van der Waals surface area contributed by atoms with Gasteiger partial charge in [0.1, 0.15) is 0 Å². The van der Waals surface area contributed by atoms with Gasteiger partial charge in [-0.15, -0.1) is 0 Å². The van der Waals surface area contributed by atoms with E-state index in [0.29, 0.717) is 25.9 Å². The van der Waals surface area contributed by atoms with E-state index >= 15 is 0 Å². The fraction of sp³-hybridized carbons (Fsp3) is 0.304. The molecule has 2 aromatic carbocycles. The van der Waals surface area contributed by atoms with Gasteiger partial charge in [0.15, 0.2) is 0 Å². The Morgan fingerprint density at radius 2 is 1.82 bits per heavy atom. The van der Waals surface area contributed by atoms with Gasteiger partial charge in [-0.05, 0) is 77.2 Å². The maximum Gasteiger partial charge on any atom is 0.313 e. The second-order valence-corrected chi connectivity index (χ2v) is 9.05. The lowest BCUT2D eigenvalue weighted by Gasteiger charge is -2.24. The van der Waals surface area contributed by atoms with Gasteiger partial charge in [-0.3, -0.25) is 9.59 Å². The molecule has 144 valence electrons. The fourth-order valence-corrected chi connectivity index (χ4v) is 4.69. The summed E-state index contributed by atoms with van der Waals surface area (Å²) in [6, 6.07) is 15.7. The van der Waals surface area contributed by atoms with Crippen LogP contribution < -0.4 is 5.32 Å². The first kappa shape index (κ1) is 19.2. The van der Waals surface area contributed by atoms with E-state index in [0.717, 1.165) is 32.4 Å². The van der Waals surface area contributed by atoms with E-state index in [4.69, 9.17) is 4.74 Å². The number of halogens is 1. The molecule has 0 bridgehead atoms. The monoisotopic (exact) mass is 487 g/mol. The number of anilines is 1. The van der Waals surface area contributed by atoms with Crippen LogP contribution >= 0.6 is 22.6 Å². The number of hydrogen-bond acceptors (Lipinski definition) is 3. The number of benzene rings is 2. The fourth-order valence-electron chi connectivity index (χ4n) is 4.33. The van der Waals surface area contributed by atoms with Gasteiger partial charge >= 0.3 is 5.97 Å². The first-order valence-corrected chi connectivity index (χ1v) is 10.5. The number of nitrogens with one attached hydrogen (secondary N) is 1. The van der Waals surface area contributed by atoms with Gasteiger partial charge in [0.25, 0.3) is 0 Å². The van der Waals surface area contributed by atoms with Crippen molar-refractivity contribution in [2.45, 2.75) is 25.7 Å². The third-order valence-electron chi connectivity index (χ3n) is 5.74. The zero-order valence-corrected chi connectivity index (χ0v) is 17.7. The standard InChI is InChI=1S/C23H22INO3/c1-15-10-18-14-28-22(27)23(18,12-15)13-17-4-8-20(9-5-17)25-21(26)11-16-2-6-19(24)7-3-16/h2-9,18H,1,10-14H2,(H,25,26). The quantitative estimate of drug-likeness (QED) is 0.383. The van der Waals surface area contributed by atoms with Crippen LogP contribution in [0.15, 0.2) is 60.7 Å². The molecule has 0 radical (unpaired) electrons. The molecule has 0 aromatic heterocycles. The van der Waals surface area contributed by atoms with Crippen LogP contribution in [0, 0.1) is 14.9 Å². The van der Waals surface area contributed by atoms with Gasteiger partial charge in [0.2, 0.25) is 5.91 Å². The minimum absolute atomic E-state index is 0.0425. The predicted molar refractivity (Wildman–Crippen MR) is 117 cm³/mol. The Bertz CT molecular complexity index is 920. The van der Waals surface area contributed by atoms with Crippen LogP contribution in [0.1, 0.15) is 24.0 Å². The molecule has 1 saturated carbocycles. The molecular weight excluding hydrogens is 465 g/mol. The number of cyclic esters (lactones) is 1. The van der Waals surface area contributed by atoms with Crippen LogP contribution in [0.5, 0.6) is 0 Å². The van der Waals surface area contributed by atoms with Crippen molar-refractivity contribution >= 4 is 40.2 Å². The molecule has 28 heavy (non-hydrogen) atoms. The number of carbonyl (C=O) groups excluding carboxylic acids is 2. The van der Waals surface area contributed by atoms with Crippen LogP contribution in [0.4, 0.5) is 5.69 Å². The molecular formula is C23H22INO3. The molecule has 1 heterocycles. The zero-order valence-electron chi connectivity index (χ0n) is 15.5. The summed E-state index contributed by atoms with van der Waals surface area (Å²) in [7, 11) is 0. The average Bonchev–Trinajstić information content (AvgIpc) is 3.13. The Morgan fingerprint density at radius 1 is 1.14 bits per heavy atom. The second-order valence-electron chi connectivity index (χ2n) is 7.81. The highest BCUT2D eigenvalue weighted by Crippen LogP contribution is 2.52. The van der Waals surface area contributed by atoms with E-state index < -0.39 is 5.41 Å². The van der Waals surface area contributed by atoms with Gasteiger partial charge < -0.3 is 10.1 Å². The molecule has 4 nitrogen and oxygen atoms in total. The van der Waals surface area contributed by atoms with Crippen molar-refractivity contribution in [3.63, 3.8) is 0 Å². The van der Waals surface area contributed by atoms with E-state index in [1.165, 1.54) is 0 Å². The van der Waals surface area contributed by atoms with Crippen molar-refractivity contribution in [1.29, 1.82) is 0 Å². The van der Waals surface area contributed by atoms with Gasteiger partial charge in [0, 0.05) is 15.2 Å². The van der Waals surface area contributed by atoms with Crippen molar-refractivity contribution in [3.8, 4) is 0 Å². The maximum atomic E-state index is 12.4. The molecule has 1 saturated heterocycles. The summed E-state index contributed by atoms with van der Waals surface area (Å²) in [4.78, 5) is 24.7. The average molecular weight is 487 g/mol. The highest BCUT2D eigenvalue weighted by atomic mass is 127. The van der Waals surface area contributed by atoms with Crippen molar-refractivity contribution in [3.05, 3.63) is 75.4 Å². The SMILES string of the molecule is C=C1CC2COC(=O)C2(Cc2ccc(NC(=O)Cc3ccc(I)cc3)cc2)C1. The number of allylic oxidation sites excluding steroid dienone is 1. The number of rotatable bonds is 5. The smallest absolute Gasteiger partial charge is 0.313 e. The van der Waals surface area contributed by atoms with Crippen LogP contribution in [0.3, 0.4) is 0 Å². The summed E-state index contributed by atoms with van der Waals surface area (Å²) in [5, 5.41) is 2.94. The van der Waals surface area contributed by atoms with E-state index in [9.17, 15) is 9.59 Å². The van der Waals surface area contributed by atoms with Gasteiger partial charge in [0.05, 0.1) is 18.4 Å². The first-order chi connectivity index (χ1) is 13.4. The molecule has 5 heteroatoms. The lowest BCUT2D eigenvalue weighted by atomic mass is 9.75. The summed E-state index contributed by atoms with van der Waals surface area (Å²) >= 11 is 2.25. The third kappa shape index (κ3) is 3.85. The highest BCUT2D eigenvalue weighted by molar-refractivity contribution is 14.1. The Balaban J connectivity index is 1.40. The van der Waals surface area contributed by atoms with Crippen molar-refractivity contribution in [2.75, 3.05) is 11.9 Å². The molecule has 4 rings (SSSR count). The molecule has 2 fully saturated rings. The molecule has 2 aliphatic rings. The second kappa shape index (κ2) is 7.70. The molecule has 1 aliphatic heterocycles. The first-order valence-electron chi connectivity index (χ1n) is 9.42. The largest absolute Gasteiger partial charge is 0.465 e. The summed E-state index contributed by atoms with van der Waals surface area (Å²) in [5.74, 6) is 0.103. The number of amides is 1. The number of hydrogen-bond donors (Lipinski definition) is 1. The minimum atomic E-state index is -0.452. The van der Waals surface area contributed by atoms with Gasteiger partial charge in [-0.25, -0.2) is 0 Å². The molecule has 1 aliphatic carbocycles. The number of carbonyl (C=O) groups is 2. The molecule has 2 atom stereocenters. The summed E-state index contributed by atoms with van der Waals surface area (Å²) in [6.45, 7) is 4.59. The topological polar surface area (TPSA) is 55.4 Å². The molecule has 0 spiro atoms. The number of esters is 1. The maximum absolute atomic E-state index is 12.4. The van der Waals surface area contributed by atoms with E-state index in [-0.39, 0.29) is 17.8 Å². The minimum Gasteiger partial charge on any atom is -0.465 e. The van der Waals surface area contributed by atoms with Crippen LogP contribution in [0.2, 0.25) is 0 Å². The van der Waals surface area contributed by atoms with E-state index in [1.807, 2.05) is 48.5 Å². The molecule has 1 amide bonds. The summed E-state index contributed by atoms with van der Waals surface area (Å²) in [6.07, 6.45) is 2.59. The van der Waals surface area contributed by atoms with Gasteiger partial charge in [-0.2, -0.15) is 0 Å². The van der Waals surface area contributed by atoms with Crippen LogP contribution in [-0.2, 0) is 27.2 Å². The summed E-state index contributed by atoms with van der Waals surface area (Å²) in [5.41, 5.74) is 3.52. The van der Waals surface area contributed by atoms with Crippen molar-refractivity contribution < 1.29 is 14.3 Å². The number of ether oxygens (including phenoxy) is 1. The van der Waals surface area contributed by atoms with Crippen LogP contribution in [-0.4, -0.2) is 18.5 Å². The normalized spacial score (nSPS) is 23.4. The third-order valence-corrected chi connectivity index (χ3v) is 6.46. The van der Waals surface area contributed by atoms with Crippen molar-refractivity contribution in [2.24, 2.45) is 11.3 Å². The molecule has 2 unspecified atom stereocenters.